The lowest BCUT2D eigenvalue weighted by Crippen LogP contribution is -2.40. The predicted molar refractivity (Wildman–Crippen MR) is 217 cm³/mol. The molecule has 0 heterocycles. The summed E-state index contributed by atoms with van der Waals surface area (Å²) in [4.78, 5) is 4.56. The van der Waals surface area contributed by atoms with Gasteiger partial charge in [-0.2, -0.15) is 15.8 Å². The first kappa shape index (κ1) is 32.3. The van der Waals surface area contributed by atoms with Crippen LogP contribution in [0, 0.1) is 34.0 Å². The Kier molecular flexibility index (Phi) is 7.93. The Morgan fingerprint density at radius 2 is 0.788 bits per heavy atom. The molecule has 0 spiro atoms. The molecule has 8 rings (SSSR count). The van der Waals surface area contributed by atoms with Gasteiger partial charge in [0.05, 0.1) is 54.3 Å². The maximum atomic E-state index is 9.62. The molecule has 0 aliphatic carbocycles. The maximum Gasteiger partial charge on any atom is 0.0991 e. The number of benzene rings is 8. The van der Waals surface area contributed by atoms with Gasteiger partial charge in [0.2, 0.25) is 0 Å². The van der Waals surface area contributed by atoms with Crippen molar-refractivity contribution < 1.29 is 0 Å². The summed E-state index contributed by atoms with van der Waals surface area (Å²) in [5, 5.41) is 36.9. The van der Waals surface area contributed by atoms with E-state index in [0.717, 1.165) is 55.7 Å². The van der Waals surface area contributed by atoms with Crippen LogP contribution in [0.1, 0.15) is 16.7 Å². The number of nitriles is 3. The largest absolute Gasteiger partial charge is 0.310 e. The molecule has 0 aromatic heterocycles. The van der Waals surface area contributed by atoms with Crippen molar-refractivity contribution in [3.63, 3.8) is 0 Å². The van der Waals surface area contributed by atoms with Gasteiger partial charge in [0.25, 0.3) is 0 Å². The van der Waals surface area contributed by atoms with Crippen molar-refractivity contribution in [2.75, 3.05) is 9.80 Å². The van der Waals surface area contributed by atoms with Gasteiger partial charge in [-0.3, -0.25) is 0 Å². The van der Waals surface area contributed by atoms with Crippen LogP contribution in [0.15, 0.2) is 146 Å². The number of hydrogen-bond donors (Lipinski definition) is 0. The molecule has 0 saturated heterocycles. The summed E-state index contributed by atoms with van der Waals surface area (Å²) in [5.41, 5.74) is 7.84. The number of para-hydroxylation sites is 1. The van der Waals surface area contributed by atoms with E-state index in [1.54, 1.807) is 0 Å². The molecule has 6 heteroatoms. The molecule has 5 nitrogen and oxygen atoms in total. The number of nitrogens with zero attached hydrogens (tertiary/aromatic N) is 5. The van der Waals surface area contributed by atoms with Crippen LogP contribution in [0.2, 0.25) is 19.6 Å². The van der Waals surface area contributed by atoms with E-state index in [4.69, 9.17) is 0 Å². The van der Waals surface area contributed by atoms with Crippen molar-refractivity contribution in [3.8, 4) is 18.2 Å². The molecule has 0 aliphatic heterocycles. The van der Waals surface area contributed by atoms with Crippen LogP contribution >= 0.6 is 0 Å². The van der Waals surface area contributed by atoms with E-state index >= 15 is 0 Å². The Hall–Kier alpha value is -6.91. The molecule has 0 N–H and O–H groups in total. The quantitative estimate of drug-likeness (QED) is 0.123. The molecule has 0 aliphatic rings. The van der Waals surface area contributed by atoms with Gasteiger partial charge < -0.3 is 9.80 Å². The van der Waals surface area contributed by atoms with Crippen molar-refractivity contribution in [2.24, 2.45) is 0 Å². The molecule has 0 atom stereocenters. The Bertz CT molecular complexity index is 2680. The van der Waals surface area contributed by atoms with E-state index in [-0.39, 0.29) is 0 Å². The Morgan fingerprint density at radius 1 is 0.404 bits per heavy atom. The summed E-state index contributed by atoms with van der Waals surface area (Å²) in [6.07, 6.45) is 0. The smallest absolute Gasteiger partial charge is 0.0991 e. The van der Waals surface area contributed by atoms with Crippen LogP contribution in [0.5, 0.6) is 0 Å². The average Bonchev–Trinajstić information content (AvgIpc) is 3.18. The molecule has 0 radical (unpaired) electrons. The van der Waals surface area contributed by atoms with E-state index in [1.807, 2.05) is 72.8 Å². The normalized spacial score (nSPS) is 11.3. The van der Waals surface area contributed by atoms with Gasteiger partial charge in [0.1, 0.15) is 0 Å². The van der Waals surface area contributed by atoms with Crippen molar-refractivity contribution in [1.29, 1.82) is 15.8 Å². The van der Waals surface area contributed by atoms with Gasteiger partial charge in [-0.25, -0.2) is 0 Å². The third-order valence-electron chi connectivity index (χ3n) is 9.82. The second-order valence-corrected chi connectivity index (χ2v) is 19.0. The summed E-state index contributed by atoms with van der Waals surface area (Å²) >= 11 is 0. The fraction of sp³-hybridized carbons (Fsp3) is 0.0652. The number of hydrogen-bond acceptors (Lipinski definition) is 5. The molecule has 246 valence electrons. The van der Waals surface area contributed by atoms with Crippen LogP contribution in [-0.2, 0) is 0 Å². The highest BCUT2D eigenvalue weighted by atomic mass is 28.3. The molecule has 52 heavy (non-hydrogen) atoms. The van der Waals surface area contributed by atoms with Crippen LogP contribution in [-0.4, -0.2) is 8.07 Å². The summed E-state index contributed by atoms with van der Waals surface area (Å²) in [6.45, 7) is 7.13. The van der Waals surface area contributed by atoms with Gasteiger partial charge in [-0.05, 0) is 118 Å². The van der Waals surface area contributed by atoms with Crippen LogP contribution in [0.3, 0.4) is 0 Å². The van der Waals surface area contributed by atoms with Gasteiger partial charge in [0.15, 0.2) is 0 Å². The third-order valence-corrected chi connectivity index (χ3v) is 11.9. The van der Waals surface area contributed by atoms with E-state index < -0.39 is 8.07 Å². The molecule has 0 saturated carbocycles. The molecular weight excluding hydrogens is 651 g/mol. The highest BCUT2D eigenvalue weighted by Crippen LogP contribution is 2.47. The third kappa shape index (κ3) is 5.47. The maximum absolute atomic E-state index is 9.62. The lowest BCUT2D eigenvalue weighted by molar-refractivity contribution is 1.29. The van der Waals surface area contributed by atoms with E-state index in [1.165, 1.54) is 16.0 Å². The molecular formula is C46H33N5Si. The molecule has 0 fully saturated rings. The zero-order valence-electron chi connectivity index (χ0n) is 29.1. The van der Waals surface area contributed by atoms with Crippen molar-refractivity contribution >= 4 is 79.7 Å². The van der Waals surface area contributed by atoms with E-state index in [0.29, 0.717) is 16.7 Å². The van der Waals surface area contributed by atoms with Crippen molar-refractivity contribution in [1.82, 2.24) is 0 Å². The van der Waals surface area contributed by atoms with Gasteiger partial charge in [0, 0.05) is 33.5 Å². The van der Waals surface area contributed by atoms with Crippen LogP contribution < -0.4 is 15.0 Å². The minimum Gasteiger partial charge on any atom is -0.310 e. The Balaban J connectivity index is 1.41. The molecule has 0 unspecified atom stereocenters. The monoisotopic (exact) mass is 683 g/mol. The predicted octanol–water partition coefficient (Wildman–Crippen LogP) is 11.7. The SMILES string of the molecule is C[Si](C)(C)c1ccccc1N(c1ccc(C#N)cc1)c1ccc2ccc3c(N(c4ccc(C#N)cc4)c4ccc(C#N)cc4)ccc4ccc1c2c43. The molecule has 8 aromatic rings. The average molecular weight is 684 g/mol. The molecule has 8 aromatic carbocycles. The fourth-order valence-corrected chi connectivity index (χ4v) is 8.91. The Labute approximate surface area is 304 Å². The second-order valence-electron chi connectivity index (χ2n) is 14.0. The zero-order chi connectivity index (χ0) is 36.0. The lowest BCUT2D eigenvalue weighted by Gasteiger charge is -2.32. The van der Waals surface area contributed by atoms with Gasteiger partial charge in [-0.1, -0.05) is 74.2 Å². The minimum absolute atomic E-state index is 0.592. The first-order valence-electron chi connectivity index (χ1n) is 17.2. The summed E-state index contributed by atoms with van der Waals surface area (Å²) < 4.78 is 0. The number of anilines is 6. The van der Waals surface area contributed by atoms with Gasteiger partial charge in [-0.15, -0.1) is 0 Å². The van der Waals surface area contributed by atoms with Crippen LogP contribution in [0.25, 0.3) is 32.3 Å². The van der Waals surface area contributed by atoms with E-state index in [9.17, 15) is 15.8 Å². The molecule has 0 amide bonds. The minimum atomic E-state index is -1.79. The lowest BCUT2D eigenvalue weighted by atomic mass is 9.91. The molecule has 0 bridgehead atoms. The second kappa shape index (κ2) is 12.8. The summed E-state index contributed by atoms with van der Waals surface area (Å²) in [6, 6.07) is 56.2. The van der Waals surface area contributed by atoms with Gasteiger partial charge >= 0.3 is 0 Å². The summed E-state index contributed by atoms with van der Waals surface area (Å²) in [5.74, 6) is 0. The first-order valence-corrected chi connectivity index (χ1v) is 20.7. The van der Waals surface area contributed by atoms with E-state index in [2.05, 4.69) is 120 Å². The first-order chi connectivity index (χ1) is 25.3. The highest BCUT2D eigenvalue weighted by Gasteiger charge is 2.26. The fourth-order valence-electron chi connectivity index (χ4n) is 7.35. The Morgan fingerprint density at radius 3 is 1.21 bits per heavy atom. The topological polar surface area (TPSA) is 77.8 Å². The van der Waals surface area contributed by atoms with Crippen molar-refractivity contribution in [3.05, 3.63) is 162 Å². The standard InChI is InChI=1S/C46H33N5Si/c1-52(2,3)44-7-5-4-6-43(44)51(38-22-12-33(30-49)13-23-38)42-27-17-35-14-24-39-41(26-16-34-15-25-40(42)46(35)45(34)39)50(36-18-8-31(28-47)9-19-36)37-20-10-32(29-48)11-21-37/h4-27H,1-3H3. The highest BCUT2D eigenvalue weighted by molar-refractivity contribution is 6.89. The van der Waals surface area contributed by atoms with Crippen LogP contribution in [0.4, 0.5) is 34.1 Å². The summed E-state index contributed by atoms with van der Waals surface area (Å²) in [7, 11) is -1.79. The zero-order valence-corrected chi connectivity index (χ0v) is 30.1. The number of rotatable bonds is 7. The van der Waals surface area contributed by atoms with Crippen molar-refractivity contribution in [2.45, 2.75) is 19.6 Å².